The number of amides is 1. The van der Waals surface area contributed by atoms with Crippen molar-refractivity contribution in [2.75, 3.05) is 37.6 Å². The molecule has 2 aliphatic rings. The Morgan fingerprint density at radius 2 is 1.60 bits per heavy atom. The van der Waals surface area contributed by atoms with E-state index in [-0.39, 0.29) is 12.5 Å². The highest BCUT2D eigenvalue weighted by atomic mass is 35.5. The van der Waals surface area contributed by atoms with E-state index in [0.29, 0.717) is 23.7 Å². The first-order valence-electron chi connectivity index (χ1n) is 11.4. The van der Waals surface area contributed by atoms with E-state index in [1.165, 1.54) is 19.3 Å². The lowest BCUT2D eigenvalue weighted by Gasteiger charge is -2.30. The van der Waals surface area contributed by atoms with E-state index in [1.54, 1.807) is 0 Å². The molecule has 0 spiro atoms. The number of benzene rings is 2. The van der Waals surface area contributed by atoms with Crippen LogP contribution in [0.15, 0.2) is 65.7 Å². The van der Waals surface area contributed by atoms with E-state index < -0.39 is 11.9 Å². The van der Waals surface area contributed by atoms with E-state index in [2.05, 4.69) is 9.89 Å². The fraction of sp³-hybridized carbons (Fsp3) is 0.308. The van der Waals surface area contributed by atoms with E-state index in [1.807, 2.05) is 53.4 Å². The molecule has 0 atom stereocenters. The summed E-state index contributed by atoms with van der Waals surface area (Å²) in [6.07, 6.45) is 4.93. The van der Waals surface area contributed by atoms with E-state index >= 15 is 0 Å². The summed E-state index contributed by atoms with van der Waals surface area (Å²) in [5, 5.41) is 16.3. The second-order valence-electron chi connectivity index (χ2n) is 8.15. The summed E-state index contributed by atoms with van der Waals surface area (Å²) in [6.45, 7) is 4.00. The van der Waals surface area contributed by atoms with E-state index in [9.17, 15) is 14.4 Å². The summed E-state index contributed by atoms with van der Waals surface area (Å²) in [4.78, 5) is 41.0. The van der Waals surface area contributed by atoms with Gasteiger partial charge < -0.3 is 20.0 Å². The Morgan fingerprint density at radius 3 is 2.23 bits per heavy atom. The third-order valence-electron chi connectivity index (χ3n) is 5.68. The number of piperidine rings is 1. The number of halogens is 1. The SMILES string of the molecule is O=C(O)/C=C\C(=O)O.O=C1CN=C(c2ccccc2)c2cc(Cl)ccc2N1CCN1CCCCC1. The summed E-state index contributed by atoms with van der Waals surface area (Å²) in [5.41, 5.74) is 3.67. The molecule has 8 nitrogen and oxygen atoms in total. The number of anilines is 1. The number of carboxylic acid groups (broad SMARTS) is 2. The first-order valence-corrected chi connectivity index (χ1v) is 11.8. The number of aliphatic carboxylic acids is 2. The lowest BCUT2D eigenvalue weighted by Crippen LogP contribution is -2.41. The summed E-state index contributed by atoms with van der Waals surface area (Å²) < 4.78 is 0. The predicted octanol–water partition coefficient (Wildman–Crippen LogP) is 3.72. The molecule has 0 aliphatic carbocycles. The number of fused-ring (bicyclic) bond motifs is 1. The third-order valence-corrected chi connectivity index (χ3v) is 5.92. The van der Waals surface area contributed by atoms with Crippen molar-refractivity contribution < 1.29 is 24.6 Å². The molecule has 1 amide bonds. The van der Waals surface area contributed by atoms with Gasteiger partial charge in [0.25, 0.3) is 0 Å². The monoisotopic (exact) mass is 497 g/mol. The molecule has 2 aliphatic heterocycles. The number of benzodiazepines with no additional fused rings is 1. The summed E-state index contributed by atoms with van der Waals surface area (Å²) in [7, 11) is 0. The number of aliphatic imine (C=N–C) groups is 1. The van der Waals surface area contributed by atoms with Crippen LogP contribution in [0.1, 0.15) is 30.4 Å². The Hall–Kier alpha value is -3.49. The van der Waals surface area contributed by atoms with Crippen molar-refractivity contribution >= 4 is 40.8 Å². The van der Waals surface area contributed by atoms with Crippen LogP contribution in [0.5, 0.6) is 0 Å². The zero-order valence-electron chi connectivity index (χ0n) is 19.3. The van der Waals surface area contributed by atoms with Crippen LogP contribution in [0.25, 0.3) is 0 Å². The normalized spacial score (nSPS) is 16.1. The van der Waals surface area contributed by atoms with Crippen LogP contribution >= 0.6 is 11.6 Å². The van der Waals surface area contributed by atoms with Crippen molar-refractivity contribution in [3.8, 4) is 0 Å². The molecule has 0 aromatic heterocycles. The molecule has 9 heteroatoms. The Bertz CT molecular complexity index is 1100. The maximum atomic E-state index is 12.9. The topological polar surface area (TPSA) is 111 Å². The molecule has 0 unspecified atom stereocenters. The van der Waals surface area contributed by atoms with Gasteiger partial charge in [-0.3, -0.25) is 9.79 Å². The highest BCUT2D eigenvalue weighted by Crippen LogP contribution is 2.29. The highest BCUT2D eigenvalue weighted by Gasteiger charge is 2.26. The van der Waals surface area contributed by atoms with Crippen LogP contribution in [0.3, 0.4) is 0 Å². The second kappa shape index (κ2) is 12.8. The largest absolute Gasteiger partial charge is 0.478 e. The van der Waals surface area contributed by atoms with Gasteiger partial charge >= 0.3 is 11.9 Å². The molecule has 35 heavy (non-hydrogen) atoms. The predicted molar refractivity (Wildman–Crippen MR) is 135 cm³/mol. The van der Waals surface area contributed by atoms with Crippen molar-refractivity contribution in [1.82, 2.24) is 4.90 Å². The van der Waals surface area contributed by atoms with E-state index in [0.717, 1.165) is 42.2 Å². The number of carbonyl (C=O) groups is 3. The average molecular weight is 498 g/mol. The quantitative estimate of drug-likeness (QED) is 0.588. The van der Waals surface area contributed by atoms with Crippen molar-refractivity contribution in [1.29, 1.82) is 0 Å². The van der Waals surface area contributed by atoms with Crippen LogP contribution in [-0.4, -0.2) is 71.4 Å². The van der Waals surface area contributed by atoms with Gasteiger partial charge in [0.1, 0.15) is 6.54 Å². The third kappa shape index (κ3) is 7.77. The number of hydrogen-bond acceptors (Lipinski definition) is 5. The second-order valence-corrected chi connectivity index (χ2v) is 8.59. The molecule has 1 saturated heterocycles. The van der Waals surface area contributed by atoms with Crippen LogP contribution < -0.4 is 4.90 Å². The molecular formula is C26H28ClN3O5. The Labute approximate surface area is 209 Å². The van der Waals surface area contributed by atoms with Gasteiger partial charge in [-0.2, -0.15) is 0 Å². The zero-order chi connectivity index (χ0) is 25.2. The standard InChI is InChI=1S/C22H24ClN3O.C4H4O4/c23-18-9-10-20-19(15-18)22(17-7-3-1-4-8-17)24-16-21(27)26(20)14-13-25-11-5-2-6-12-25;5-3(6)1-2-4(7)8/h1,3-4,7-10,15H,2,5-6,11-14,16H2;1-2H,(H,5,6)(H,7,8)/b;2-1-. The van der Waals surface area contributed by atoms with Gasteiger partial charge in [-0.1, -0.05) is 48.4 Å². The molecule has 4 rings (SSSR count). The molecular weight excluding hydrogens is 470 g/mol. The maximum Gasteiger partial charge on any atom is 0.328 e. The number of carbonyl (C=O) groups excluding carboxylic acids is 1. The first-order chi connectivity index (χ1) is 16.8. The number of carboxylic acids is 2. The zero-order valence-corrected chi connectivity index (χ0v) is 20.0. The van der Waals surface area contributed by atoms with Crippen LogP contribution in [0.4, 0.5) is 5.69 Å². The van der Waals surface area contributed by atoms with Crippen molar-refractivity contribution in [2.45, 2.75) is 19.3 Å². The fourth-order valence-corrected chi connectivity index (χ4v) is 4.21. The molecule has 2 aromatic carbocycles. The average Bonchev–Trinajstić information content (AvgIpc) is 2.98. The van der Waals surface area contributed by atoms with Crippen LogP contribution in [0, 0.1) is 0 Å². The number of likely N-dealkylation sites (tertiary alicyclic amines) is 1. The van der Waals surface area contributed by atoms with Gasteiger partial charge in [0.05, 0.1) is 11.4 Å². The fourth-order valence-electron chi connectivity index (χ4n) is 4.04. The maximum absolute atomic E-state index is 12.9. The molecule has 0 radical (unpaired) electrons. The number of rotatable bonds is 6. The first kappa shape index (κ1) is 26.1. The van der Waals surface area contributed by atoms with Gasteiger partial charge in [0.15, 0.2) is 0 Å². The van der Waals surface area contributed by atoms with Crippen molar-refractivity contribution in [3.63, 3.8) is 0 Å². The minimum absolute atomic E-state index is 0.0431. The van der Waals surface area contributed by atoms with Crippen molar-refractivity contribution in [2.24, 2.45) is 4.99 Å². The molecule has 1 fully saturated rings. The minimum Gasteiger partial charge on any atom is -0.478 e. The summed E-state index contributed by atoms with van der Waals surface area (Å²) in [6, 6.07) is 15.7. The lowest BCUT2D eigenvalue weighted by molar-refractivity contribution is -0.134. The summed E-state index contributed by atoms with van der Waals surface area (Å²) in [5.74, 6) is -2.47. The van der Waals surface area contributed by atoms with E-state index in [4.69, 9.17) is 21.8 Å². The molecule has 2 heterocycles. The summed E-state index contributed by atoms with van der Waals surface area (Å²) >= 11 is 6.30. The van der Waals surface area contributed by atoms with Gasteiger partial charge in [-0.15, -0.1) is 0 Å². The molecule has 2 N–H and O–H groups in total. The smallest absolute Gasteiger partial charge is 0.328 e. The highest BCUT2D eigenvalue weighted by molar-refractivity contribution is 6.32. The number of hydrogen-bond donors (Lipinski definition) is 2. The van der Waals surface area contributed by atoms with Gasteiger partial charge in [0, 0.05) is 41.4 Å². The Balaban J connectivity index is 0.000000371. The minimum atomic E-state index is -1.26. The van der Waals surface area contributed by atoms with Gasteiger partial charge in [-0.25, -0.2) is 9.59 Å². The molecule has 184 valence electrons. The Kier molecular flexibility index (Phi) is 9.57. The number of nitrogens with zero attached hydrogens (tertiary/aromatic N) is 3. The van der Waals surface area contributed by atoms with Crippen LogP contribution in [-0.2, 0) is 14.4 Å². The Morgan fingerprint density at radius 1 is 0.943 bits per heavy atom. The van der Waals surface area contributed by atoms with Crippen molar-refractivity contribution in [3.05, 3.63) is 76.8 Å². The molecule has 2 aromatic rings. The molecule has 0 bridgehead atoms. The van der Waals surface area contributed by atoms with Crippen LogP contribution in [0.2, 0.25) is 5.02 Å². The molecule has 0 saturated carbocycles. The lowest BCUT2D eigenvalue weighted by atomic mass is 10.00. The van der Waals surface area contributed by atoms with Gasteiger partial charge in [0.2, 0.25) is 5.91 Å². The van der Waals surface area contributed by atoms with Gasteiger partial charge in [-0.05, 0) is 44.1 Å².